The van der Waals surface area contributed by atoms with E-state index in [0.717, 1.165) is 21.1 Å². The normalized spacial score (nSPS) is 12.5. The maximum atomic E-state index is 13.5. The van der Waals surface area contributed by atoms with Gasteiger partial charge in [-0.25, -0.2) is 0 Å². The lowest BCUT2D eigenvalue weighted by atomic mass is 10.0. The van der Waals surface area contributed by atoms with Crippen molar-refractivity contribution in [3.63, 3.8) is 0 Å². The Bertz CT molecular complexity index is 1090. The highest BCUT2D eigenvalue weighted by Crippen LogP contribution is 2.18. The first-order valence-corrected chi connectivity index (χ1v) is 13.1. The first-order chi connectivity index (χ1) is 16.9. The second-order valence-electron chi connectivity index (χ2n) is 8.41. The van der Waals surface area contributed by atoms with Crippen molar-refractivity contribution in [3.8, 4) is 5.75 Å². The predicted octanol–water partition coefficient (Wildman–Crippen LogP) is 5.88. The molecule has 0 aliphatic carbocycles. The first-order valence-electron chi connectivity index (χ1n) is 11.6. The third kappa shape index (κ3) is 8.54. The minimum Gasteiger partial charge on any atom is -0.484 e. The van der Waals surface area contributed by atoms with Gasteiger partial charge in [-0.15, -0.1) is 0 Å². The molecule has 7 heteroatoms. The monoisotopic (exact) mass is 604 g/mol. The molecule has 0 bridgehead atoms. The fourth-order valence-corrected chi connectivity index (χ4v) is 4.03. The van der Waals surface area contributed by atoms with E-state index in [2.05, 4.69) is 27.9 Å². The summed E-state index contributed by atoms with van der Waals surface area (Å²) in [5.74, 6) is 0.160. The number of hydrogen-bond donors (Lipinski definition) is 1. The van der Waals surface area contributed by atoms with E-state index < -0.39 is 6.04 Å². The van der Waals surface area contributed by atoms with E-state index in [4.69, 9.17) is 16.3 Å². The predicted molar refractivity (Wildman–Crippen MR) is 148 cm³/mol. The smallest absolute Gasteiger partial charge is 0.261 e. The number of ether oxygens (including phenoxy) is 1. The van der Waals surface area contributed by atoms with Crippen molar-refractivity contribution in [3.05, 3.63) is 98.6 Å². The largest absolute Gasteiger partial charge is 0.484 e. The number of rotatable bonds is 11. The molecule has 184 valence electrons. The van der Waals surface area contributed by atoms with Crippen molar-refractivity contribution < 1.29 is 14.3 Å². The lowest BCUT2D eigenvalue weighted by molar-refractivity contribution is -0.143. The van der Waals surface area contributed by atoms with Crippen LogP contribution in [0.4, 0.5) is 0 Å². The Morgan fingerprint density at radius 2 is 1.63 bits per heavy atom. The third-order valence-electron chi connectivity index (χ3n) is 5.71. The van der Waals surface area contributed by atoms with Gasteiger partial charge in [-0.3, -0.25) is 9.59 Å². The van der Waals surface area contributed by atoms with Crippen LogP contribution >= 0.6 is 34.2 Å². The number of carbonyl (C=O) groups excluding carboxylic acids is 2. The topological polar surface area (TPSA) is 58.6 Å². The van der Waals surface area contributed by atoms with Gasteiger partial charge in [0.15, 0.2) is 6.61 Å². The molecule has 2 amide bonds. The molecule has 1 N–H and O–H groups in total. The summed E-state index contributed by atoms with van der Waals surface area (Å²) in [6.45, 7) is 4.07. The van der Waals surface area contributed by atoms with E-state index in [9.17, 15) is 9.59 Å². The van der Waals surface area contributed by atoms with Gasteiger partial charge >= 0.3 is 0 Å². The molecular formula is C28H30ClIN2O3. The number of nitrogens with zero attached hydrogens (tertiary/aromatic N) is 1. The van der Waals surface area contributed by atoms with Crippen molar-refractivity contribution >= 4 is 46.0 Å². The SMILES string of the molecule is CC[C@@H](C)NC(=O)[C@@H](Cc1ccccc1)N(Cc1ccc(Cl)cc1)C(=O)COc1ccc(I)cc1. The van der Waals surface area contributed by atoms with Gasteiger partial charge in [-0.1, -0.05) is 61.0 Å². The molecule has 0 unspecified atom stereocenters. The minimum atomic E-state index is -0.699. The second-order valence-corrected chi connectivity index (χ2v) is 10.1. The summed E-state index contributed by atoms with van der Waals surface area (Å²) >= 11 is 8.29. The van der Waals surface area contributed by atoms with Gasteiger partial charge in [0.2, 0.25) is 5.91 Å². The van der Waals surface area contributed by atoms with Crippen molar-refractivity contribution in [2.24, 2.45) is 0 Å². The van der Waals surface area contributed by atoms with Crippen LogP contribution in [0, 0.1) is 3.57 Å². The fraction of sp³-hybridized carbons (Fsp3) is 0.286. The summed E-state index contributed by atoms with van der Waals surface area (Å²) in [5.41, 5.74) is 1.86. The van der Waals surface area contributed by atoms with Gasteiger partial charge in [-0.05, 0) is 83.5 Å². The molecule has 5 nitrogen and oxygen atoms in total. The molecule has 35 heavy (non-hydrogen) atoms. The number of carbonyl (C=O) groups is 2. The molecule has 0 aliphatic rings. The highest BCUT2D eigenvalue weighted by Gasteiger charge is 2.31. The molecule has 2 atom stereocenters. The number of hydrogen-bond acceptors (Lipinski definition) is 3. The van der Waals surface area contributed by atoms with Gasteiger partial charge < -0.3 is 15.0 Å². The Labute approximate surface area is 226 Å². The number of nitrogens with one attached hydrogen (secondary N) is 1. The van der Waals surface area contributed by atoms with Gasteiger partial charge in [0.1, 0.15) is 11.8 Å². The highest BCUT2D eigenvalue weighted by molar-refractivity contribution is 14.1. The zero-order chi connectivity index (χ0) is 25.2. The summed E-state index contributed by atoms with van der Waals surface area (Å²) in [6.07, 6.45) is 1.19. The summed E-state index contributed by atoms with van der Waals surface area (Å²) in [4.78, 5) is 28.6. The van der Waals surface area contributed by atoms with Crippen LogP contribution in [-0.2, 0) is 22.6 Å². The average Bonchev–Trinajstić information content (AvgIpc) is 2.87. The number of benzene rings is 3. The molecular weight excluding hydrogens is 575 g/mol. The van der Waals surface area contributed by atoms with Gasteiger partial charge in [0, 0.05) is 27.6 Å². The van der Waals surface area contributed by atoms with Crippen LogP contribution < -0.4 is 10.1 Å². The molecule has 0 saturated carbocycles. The average molecular weight is 605 g/mol. The zero-order valence-corrected chi connectivity index (χ0v) is 22.8. The van der Waals surface area contributed by atoms with Crippen molar-refractivity contribution in [2.75, 3.05) is 6.61 Å². The standard InChI is InChI=1S/C28H30ClIN2O3/c1-3-20(2)31-28(34)26(17-21-7-5-4-6-8-21)32(18-22-9-11-23(29)12-10-22)27(33)19-35-25-15-13-24(30)14-16-25/h4-16,20,26H,3,17-19H2,1-2H3,(H,31,34)/t20-,26-/m1/s1. The summed E-state index contributed by atoms with van der Waals surface area (Å²) in [7, 11) is 0. The summed E-state index contributed by atoms with van der Waals surface area (Å²) in [5, 5.41) is 3.68. The zero-order valence-electron chi connectivity index (χ0n) is 19.9. The highest BCUT2D eigenvalue weighted by atomic mass is 127. The summed E-state index contributed by atoms with van der Waals surface area (Å²) in [6, 6.07) is 23.8. The molecule has 0 aliphatic heterocycles. The third-order valence-corrected chi connectivity index (χ3v) is 6.69. The van der Waals surface area contributed by atoms with E-state index in [-0.39, 0.29) is 31.0 Å². The molecule has 0 aromatic heterocycles. The second kappa shape index (κ2) is 13.5. The van der Waals surface area contributed by atoms with Crippen LogP contribution in [0.1, 0.15) is 31.4 Å². The van der Waals surface area contributed by atoms with Crippen LogP contribution in [0.3, 0.4) is 0 Å². The maximum absolute atomic E-state index is 13.5. The van der Waals surface area contributed by atoms with E-state index in [1.54, 1.807) is 17.0 Å². The number of halogens is 2. The van der Waals surface area contributed by atoms with Crippen molar-refractivity contribution in [1.29, 1.82) is 0 Å². The van der Waals surface area contributed by atoms with Crippen LogP contribution in [0.25, 0.3) is 0 Å². The van der Waals surface area contributed by atoms with E-state index >= 15 is 0 Å². The van der Waals surface area contributed by atoms with Gasteiger partial charge in [0.25, 0.3) is 5.91 Å². The Morgan fingerprint density at radius 1 is 0.971 bits per heavy atom. The Hall–Kier alpha value is -2.58. The van der Waals surface area contributed by atoms with Gasteiger partial charge in [-0.2, -0.15) is 0 Å². The van der Waals surface area contributed by atoms with Gasteiger partial charge in [0.05, 0.1) is 0 Å². The van der Waals surface area contributed by atoms with E-state index in [0.29, 0.717) is 17.2 Å². The van der Waals surface area contributed by atoms with Crippen molar-refractivity contribution in [1.82, 2.24) is 10.2 Å². The van der Waals surface area contributed by atoms with E-state index in [1.165, 1.54) is 0 Å². The molecule has 3 aromatic rings. The molecule has 0 spiro atoms. The molecule has 0 saturated heterocycles. The van der Waals surface area contributed by atoms with Crippen LogP contribution in [0.15, 0.2) is 78.9 Å². The van der Waals surface area contributed by atoms with Crippen LogP contribution in [0.2, 0.25) is 5.02 Å². The molecule has 3 aromatic carbocycles. The van der Waals surface area contributed by atoms with Crippen LogP contribution in [-0.4, -0.2) is 35.4 Å². The molecule has 0 heterocycles. The summed E-state index contributed by atoms with van der Waals surface area (Å²) < 4.78 is 6.87. The Kier molecular flexibility index (Phi) is 10.4. The Balaban J connectivity index is 1.89. The lowest BCUT2D eigenvalue weighted by Gasteiger charge is -2.32. The van der Waals surface area contributed by atoms with E-state index in [1.807, 2.05) is 80.6 Å². The maximum Gasteiger partial charge on any atom is 0.261 e. The number of amides is 2. The quantitative estimate of drug-likeness (QED) is 0.278. The molecule has 0 radical (unpaired) electrons. The fourth-order valence-electron chi connectivity index (χ4n) is 3.54. The molecule has 3 rings (SSSR count). The Morgan fingerprint density at radius 3 is 2.26 bits per heavy atom. The van der Waals surface area contributed by atoms with Crippen LogP contribution in [0.5, 0.6) is 5.75 Å². The first kappa shape index (κ1) is 27.0. The van der Waals surface area contributed by atoms with Crippen molar-refractivity contribution in [2.45, 2.75) is 45.3 Å². The minimum absolute atomic E-state index is 0.00343. The molecule has 0 fully saturated rings. The lowest BCUT2D eigenvalue weighted by Crippen LogP contribution is -2.53.